The molecule has 2 atom stereocenters. The molecule has 202 valence electrons. The predicted molar refractivity (Wildman–Crippen MR) is 162 cm³/mol. The van der Waals surface area contributed by atoms with Crippen LogP contribution in [0, 0.1) is 15.9 Å². The van der Waals surface area contributed by atoms with Crippen LogP contribution in [0.3, 0.4) is 0 Å². The number of carbonyl (C=O) groups is 1. The maximum atomic E-state index is 12.4. The molecule has 1 heterocycles. The SMILES string of the molecule is C=CC(=O)/C(CCc1cc(I=N/C=C(\C=N)OC(CC)CCCC)ccc1C)=N\NC1C=NN(C)CC1. The molecule has 0 saturated heterocycles. The number of nitrogens with one attached hydrogen (secondary N) is 2. The van der Waals surface area contributed by atoms with Gasteiger partial charge >= 0.3 is 0 Å². The van der Waals surface area contributed by atoms with Crippen LogP contribution in [0.4, 0.5) is 0 Å². The van der Waals surface area contributed by atoms with E-state index in [9.17, 15) is 4.79 Å². The standard InChI is InChI=1S/C28H41IN6O2/c1-6-9-10-25(7-2)37-26(18-30)20-31-29-23-13-11-21(4)22(17-23)12-14-27(28(36)8-3)34-33-24-15-16-35(5)32-19-24/h8,11,13,17-20,24-25,30,33H,3,6-7,9-10,12,14-16H2,1-2,4-5H3/b26-20+,30-18?,34-27-. The van der Waals surface area contributed by atoms with Crippen LogP contribution in [0.1, 0.15) is 63.5 Å². The Balaban J connectivity index is 2.06. The molecule has 1 aliphatic heterocycles. The van der Waals surface area contributed by atoms with Gasteiger partial charge in [0.2, 0.25) is 5.78 Å². The number of ketones is 1. The average molecular weight is 621 g/mol. The van der Waals surface area contributed by atoms with Crippen molar-refractivity contribution < 1.29 is 9.53 Å². The van der Waals surface area contributed by atoms with Gasteiger partial charge in [-0.15, -0.1) is 0 Å². The summed E-state index contributed by atoms with van der Waals surface area (Å²) in [6.45, 7) is 10.8. The Morgan fingerprint density at radius 3 is 2.89 bits per heavy atom. The fourth-order valence-corrected chi connectivity index (χ4v) is 5.27. The number of hydrazone groups is 2. The van der Waals surface area contributed by atoms with Crippen molar-refractivity contribution in [2.24, 2.45) is 13.3 Å². The van der Waals surface area contributed by atoms with Crippen molar-refractivity contribution in [1.82, 2.24) is 10.4 Å². The van der Waals surface area contributed by atoms with Gasteiger partial charge in [-0.05, 0) is 68.4 Å². The van der Waals surface area contributed by atoms with Gasteiger partial charge in [-0.1, -0.05) is 39.3 Å². The predicted octanol–water partition coefficient (Wildman–Crippen LogP) is 6.12. The largest absolute Gasteiger partial charge is 0.487 e. The minimum atomic E-state index is -0.627. The molecule has 2 rings (SSSR count). The highest BCUT2D eigenvalue weighted by Crippen LogP contribution is 2.21. The molecule has 2 unspecified atom stereocenters. The van der Waals surface area contributed by atoms with Crippen LogP contribution in [0.5, 0.6) is 0 Å². The molecule has 8 nitrogen and oxygen atoms in total. The maximum absolute atomic E-state index is 12.4. The Kier molecular flexibility index (Phi) is 14.0. The first kappa shape index (κ1) is 30.5. The molecule has 0 radical (unpaired) electrons. The van der Waals surface area contributed by atoms with E-state index in [1.807, 2.05) is 18.3 Å². The Labute approximate surface area is 232 Å². The fourth-order valence-electron chi connectivity index (χ4n) is 3.68. The average Bonchev–Trinajstić information content (AvgIpc) is 2.91. The van der Waals surface area contributed by atoms with E-state index in [1.165, 1.54) is 27.0 Å². The van der Waals surface area contributed by atoms with Crippen molar-refractivity contribution in [2.45, 2.75) is 77.9 Å². The highest BCUT2D eigenvalue weighted by molar-refractivity contribution is 14.2. The summed E-state index contributed by atoms with van der Waals surface area (Å²) in [4.78, 5) is 12.4. The molecule has 0 bridgehead atoms. The van der Waals surface area contributed by atoms with Crippen LogP contribution in [0.15, 0.2) is 56.2 Å². The third-order valence-corrected chi connectivity index (χ3v) is 7.87. The van der Waals surface area contributed by atoms with Crippen molar-refractivity contribution in [2.75, 3.05) is 13.6 Å². The van der Waals surface area contributed by atoms with Crippen molar-refractivity contribution in [3.05, 3.63) is 57.5 Å². The molecule has 1 aromatic carbocycles. The monoisotopic (exact) mass is 620 g/mol. The number of halogens is 1. The van der Waals surface area contributed by atoms with E-state index in [-0.39, 0.29) is 17.9 Å². The van der Waals surface area contributed by atoms with Gasteiger partial charge in [0.1, 0.15) is 5.71 Å². The topological polar surface area (TPSA) is 102 Å². The van der Waals surface area contributed by atoms with Crippen molar-refractivity contribution in [3.8, 4) is 0 Å². The minimum absolute atomic E-state index is 0.0161. The van der Waals surface area contributed by atoms with Gasteiger partial charge < -0.3 is 20.6 Å². The number of rotatable bonds is 16. The number of aryl methyl sites for hydroxylation is 2. The van der Waals surface area contributed by atoms with Gasteiger partial charge in [-0.3, -0.25) is 4.79 Å². The quantitative estimate of drug-likeness (QED) is 0.0765. The summed E-state index contributed by atoms with van der Waals surface area (Å²) in [5, 5.41) is 18.3. The summed E-state index contributed by atoms with van der Waals surface area (Å²) in [7, 11) is 1.93. The molecular weight excluding hydrogens is 579 g/mol. The van der Waals surface area contributed by atoms with Gasteiger partial charge in [-0.2, -0.15) is 10.2 Å². The van der Waals surface area contributed by atoms with Crippen LogP contribution in [-0.4, -0.2) is 54.7 Å². The normalized spacial score (nSPS) is 17.3. The summed E-state index contributed by atoms with van der Waals surface area (Å²) >= 11 is -0.627. The van der Waals surface area contributed by atoms with E-state index in [2.05, 4.69) is 64.3 Å². The van der Waals surface area contributed by atoms with Crippen LogP contribution >= 0.6 is 21.0 Å². The van der Waals surface area contributed by atoms with Crippen LogP contribution < -0.4 is 5.43 Å². The lowest BCUT2D eigenvalue weighted by atomic mass is 10.0. The number of ether oxygens (including phenoxy) is 1. The second-order valence-electron chi connectivity index (χ2n) is 9.02. The van der Waals surface area contributed by atoms with Crippen molar-refractivity contribution >= 4 is 45.0 Å². The van der Waals surface area contributed by atoms with E-state index in [0.717, 1.165) is 38.6 Å². The summed E-state index contributed by atoms with van der Waals surface area (Å²) in [5.41, 5.74) is 5.91. The first-order valence-electron chi connectivity index (χ1n) is 12.9. The smallest absolute Gasteiger partial charge is 0.201 e. The molecule has 0 amide bonds. The molecule has 0 spiro atoms. The lowest BCUT2D eigenvalue weighted by molar-refractivity contribution is -0.109. The highest BCUT2D eigenvalue weighted by Gasteiger charge is 2.14. The number of carbonyl (C=O) groups excluding carboxylic acids is 1. The summed E-state index contributed by atoms with van der Waals surface area (Å²) in [6, 6.07) is 6.40. The van der Waals surface area contributed by atoms with E-state index >= 15 is 0 Å². The van der Waals surface area contributed by atoms with E-state index in [1.54, 1.807) is 6.20 Å². The Morgan fingerprint density at radius 2 is 2.24 bits per heavy atom. The maximum Gasteiger partial charge on any atom is 0.201 e. The molecule has 1 aromatic rings. The summed E-state index contributed by atoms with van der Waals surface area (Å²) in [5.74, 6) is 0.350. The molecule has 1 aliphatic rings. The van der Waals surface area contributed by atoms with Gasteiger partial charge in [0.05, 0.1) is 24.6 Å². The molecule has 0 aliphatic carbocycles. The zero-order chi connectivity index (χ0) is 27.0. The first-order valence-corrected chi connectivity index (χ1v) is 15.0. The van der Waals surface area contributed by atoms with Crippen LogP contribution in [0.2, 0.25) is 0 Å². The molecule has 0 saturated carbocycles. The van der Waals surface area contributed by atoms with Gasteiger partial charge in [0, 0.05) is 44.4 Å². The molecule has 2 N–H and O–H groups in total. The fraction of sp³-hybridized carbons (Fsp3) is 0.500. The Hall–Kier alpha value is -2.69. The number of nitrogens with zero attached hydrogens (tertiary/aromatic N) is 4. The van der Waals surface area contributed by atoms with Gasteiger partial charge in [-0.25, -0.2) is 3.15 Å². The van der Waals surface area contributed by atoms with Gasteiger partial charge in [0.15, 0.2) is 5.76 Å². The second-order valence-corrected chi connectivity index (χ2v) is 11.3. The zero-order valence-electron chi connectivity index (χ0n) is 22.5. The lowest BCUT2D eigenvalue weighted by Crippen LogP contribution is -2.36. The minimum Gasteiger partial charge on any atom is -0.487 e. The van der Waals surface area contributed by atoms with E-state index < -0.39 is 21.0 Å². The zero-order valence-corrected chi connectivity index (χ0v) is 24.7. The second kappa shape index (κ2) is 16.9. The van der Waals surface area contributed by atoms with Crippen molar-refractivity contribution in [1.29, 1.82) is 5.41 Å². The first-order chi connectivity index (χ1) is 17.9. The van der Waals surface area contributed by atoms with E-state index in [0.29, 0.717) is 24.3 Å². The third kappa shape index (κ3) is 11.1. The number of hydrogen-bond donors (Lipinski definition) is 2. The Bertz CT molecular complexity index is 1030. The van der Waals surface area contributed by atoms with Crippen LogP contribution in [0.25, 0.3) is 0 Å². The van der Waals surface area contributed by atoms with E-state index in [4.69, 9.17) is 10.1 Å². The molecule has 0 aromatic heterocycles. The molecule has 9 heteroatoms. The molecule has 0 fully saturated rings. The summed E-state index contributed by atoms with van der Waals surface area (Å²) < 4.78 is 11.8. The summed E-state index contributed by atoms with van der Waals surface area (Å²) in [6.07, 6.45) is 12.5. The lowest BCUT2D eigenvalue weighted by Gasteiger charge is -2.22. The third-order valence-electron chi connectivity index (χ3n) is 6.09. The number of allylic oxidation sites excluding steroid dienone is 2. The number of unbranched alkanes of at least 4 members (excludes halogenated alkanes) is 1. The highest BCUT2D eigenvalue weighted by atomic mass is 127. The molecular formula is C28H41IN6O2. The number of benzene rings is 1. The van der Waals surface area contributed by atoms with Crippen molar-refractivity contribution in [3.63, 3.8) is 0 Å². The Morgan fingerprint density at radius 1 is 1.43 bits per heavy atom. The number of hydrogen-bond acceptors (Lipinski definition) is 8. The van der Waals surface area contributed by atoms with Gasteiger partial charge in [0.25, 0.3) is 0 Å². The van der Waals surface area contributed by atoms with Crippen LogP contribution in [-0.2, 0) is 16.0 Å². The molecule has 37 heavy (non-hydrogen) atoms.